The molecule has 0 aliphatic carbocycles. The van der Waals surface area contributed by atoms with Crippen molar-refractivity contribution in [3.63, 3.8) is 0 Å². The van der Waals surface area contributed by atoms with Crippen molar-refractivity contribution in [1.82, 2.24) is 9.80 Å². The van der Waals surface area contributed by atoms with Crippen molar-refractivity contribution in [3.8, 4) is 0 Å². The SMILES string of the molecule is CCCCN1CCN(Cc2ccc(C)cc2)CC1. The van der Waals surface area contributed by atoms with Gasteiger partial charge >= 0.3 is 0 Å². The van der Waals surface area contributed by atoms with Crippen molar-refractivity contribution in [2.75, 3.05) is 32.7 Å². The van der Waals surface area contributed by atoms with Crippen molar-refractivity contribution >= 4 is 0 Å². The highest BCUT2D eigenvalue weighted by molar-refractivity contribution is 5.21. The maximum Gasteiger partial charge on any atom is 0.0234 e. The van der Waals surface area contributed by atoms with E-state index in [0.29, 0.717) is 0 Å². The second-order valence-electron chi connectivity index (χ2n) is 5.46. The minimum absolute atomic E-state index is 1.11. The lowest BCUT2D eigenvalue weighted by Crippen LogP contribution is -2.46. The standard InChI is InChI=1S/C16H26N2/c1-3-4-9-17-10-12-18(13-11-17)14-16-7-5-15(2)6-8-16/h5-8H,3-4,9-14H2,1-2H3. The molecule has 0 atom stereocenters. The Morgan fingerprint density at radius 3 is 2.17 bits per heavy atom. The lowest BCUT2D eigenvalue weighted by molar-refractivity contribution is 0.126. The van der Waals surface area contributed by atoms with Gasteiger partial charge in [0.2, 0.25) is 0 Å². The molecule has 0 spiro atoms. The van der Waals surface area contributed by atoms with E-state index in [1.54, 1.807) is 0 Å². The molecule has 2 heteroatoms. The molecule has 0 radical (unpaired) electrons. The Morgan fingerprint density at radius 2 is 1.56 bits per heavy atom. The molecule has 0 aromatic heterocycles. The van der Waals surface area contributed by atoms with Gasteiger partial charge in [0.25, 0.3) is 0 Å². The summed E-state index contributed by atoms with van der Waals surface area (Å²) in [7, 11) is 0. The summed E-state index contributed by atoms with van der Waals surface area (Å²) >= 11 is 0. The van der Waals surface area contributed by atoms with Gasteiger partial charge in [-0.1, -0.05) is 43.2 Å². The Morgan fingerprint density at radius 1 is 0.944 bits per heavy atom. The van der Waals surface area contributed by atoms with E-state index < -0.39 is 0 Å². The summed E-state index contributed by atoms with van der Waals surface area (Å²) in [6.07, 6.45) is 2.65. The molecule has 1 aromatic rings. The molecule has 1 heterocycles. The van der Waals surface area contributed by atoms with Gasteiger partial charge in [-0.15, -0.1) is 0 Å². The summed E-state index contributed by atoms with van der Waals surface area (Å²) in [5.41, 5.74) is 2.80. The smallest absolute Gasteiger partial charge is 0.0234 e. The predicted molar refractivity (Wildman–Crippen MR) is 77.8 cm³/mol. The molecule has 0 amide bonds. The molecular weight excluding hydrogens is 220 g/mol. The number of piperazine rings is 1. The first-order valence-electron chi connectivity index (χ1n) is 7.28. The topological polar surface area (TPSA) is 6.48 Å². The van der Waals surface area contributed by atoms with E-state index in [1.807, 2.05) is 0 Å². The van der Waals surface area contributed by atoms with Crippen molar-refractivity contribution < 1.29 is 0 Å². The number of benzene rings is 1. The average Bonchev–Trinajstić information content (AvgIpc) is 2.41. The maximum absolute atomic E-state index is 2.61. The van der Waals surface area contributed by atoms with E-state index in [0.717, 1.165) is 6.54 Å². The third kappa shape index (κ3) is 4.11. The van der Waals surface area contributed by atoms with E-state index in [9.17, 15) is 0 Å². The summed E-state index contributed by atoms with van der Waals surface area (Å²) in [6, 6.07) is 8.96. The van der Waals surface area contributed by atoms with Crippen LogP contribution < -0.4 is 0 Å². The monoisotopic (exact) mass is 246 g/mol. The molecule has 2 nitrogen and oxygen atoms in total. The van der Waals surface area contributed by atoms with Gasteiger partial charge in [0, 0.05) is 32.7 Å². The van der Waals surface area contributed by atoms with Gasteiger partial charge in [-0.3, -0.25) is 4.90 Å². The van der Waals surface area contributed by atoms with Crippen LogP contribution in [0.2, 0.25) is 0 Å². The highest BCUT2D eigenvalue weighted by atomic mass is 15.3. The van der Waals surface area contributed by atoms with Crippen LogP contribution in [0, 0.1) is 6.92 Å². The Bertz CT molecular complexity index is 337. The molecule has 100 valence electrons. The van der Waals surface area contributed by atoms with Crippen molar-refractivity contribution in [2.24, 2.45) is 0 Å². The molecule has 1 fully saturated rings. The van der Waals surface area contributed by atoms with Crippen LogP contribution in [0.3, 0.4) is 0 Å². The van der Waals surface area contributed by atoms with E-state index in [-0.39, 0.29) is 0 Å². The van der Waals surface area contributed by atoms with Crippen molar-refractivity contribution in [3.05, 3.63) is 35.4 Å². The second kappa shape index (κ2) is 6.91. The predicted octanol–water partition coefficient (Wildman–Crippen LogP) is 2.91. The van der Waals surface area contributed by atoms with E-state index >= 15 is 0 Å². The van der Waals surface area contributed by atoms with Gasteiger partial charge in [-0.25, -0.2) is 0 Å². The van der Waals surface area contributed by atoms with Gasteiger partial charge in [0.1, 0.15) is 0 Å². The van der Waals surface area contributed by atoms with Gasteiger partial charge < -0.3 is 4.90 Å². The number of nitrogens with zero attached hydrogens (tertiary/aromatic N) is 2. The van der Waals surface area contributed by atoms with Crippen molar-refractivity contribution in [2.45, 2.75) is 33.2 Å². The summed E-state index contributed by atoms with van der Waals surface area (Å²) < 4.78 is 0. The normalized spacial score (nSPS) is 18.1. The molecule has 0 N–H and O–H groups in total. The fraction of sp³-hybridized carbons (Fsp3) is 0.625. The second-order valence-corrected chi connectivity index (χ2v) is 5.46. The number of rotatable bonds is 5. The Kier molecular flexibility index (Phi) is 5.21. The molecule has 1 saturated heterocycles. The highest BCUT2D eigenvalue weighted by Crippen LogP contribution is 2.10. The molecule has 1 aliphatic heterocycles. The van der Waals surface area contributed by atoms with Crippen LogP contribution in [-0.4, -0.2) is 42.5 Å². The van der Waals surface area contributed by atoms with Crippen LogP contribution in [0.25, 0.3) is 0 Å². The van der Waals surface area contributed by atoms with E-state index in [1.165, 1.54) is 56.7 Å². The molecule has 1 aliphatic rings. The van der Waals surface area contributed by atoms with Crippen molar-refractivity contribution in [1.29, 1.82) is 0 Å². The van der Waals surface area contributed by atoms with Crippen LogP contribution >= 0.6 is 0 Å². The fourth-order valence-corrected chi connectivity index (χ4v) is 2.50. The molecule has 18 heavy (non-hydrogen) atoms. The van der Waals surface area contributed by atoms with Crippen LogP contribution in [0.4, 0.5) is 0 Å². The first-order valence-corrected chi connectivity index (χ1v) is 7.28. The number of unbranched alkanes of at least 4 members (excludes halogenated alkanes) is 1. The van der Waals surface area contributed by atoms with Gasteiger partial charge in [0.15, 0.2) is 0 Å². The highest BCUT2D eigenvalue weighted by Gasteiger charge is 2.15. The van der Waals surface area contributed by atoms with Crippen LogP contribution in [0.15, 0.2) is 24.3 Å². The summed E-state index contributed by atoms with van der Waals surface area (Å²) in [5.74, 6) is 0. The largest absolute Gasteiger partial charge is 0.301 e. The first-order chi connectivity index (χ1) is 8.78. The Hall–Kier alpha value is -0.860. The van der Waals surface area contributed by atoms with Crippen LogP contribution in [0.1, 0.15) is 30.9 Å². The Balaban J connectivity index is 1.74. The minimum atomic E-state index is 1.11. The third-order valence-electron chi connectivity index (χ3n) is 3.82. The molecule has 0 bridgehead atoms. The zero-order valence-electron chi connectivity index (χ0n) is 11.9. The zero-order chi connectivity index (χ0) is 12.8. The summed E-state index contributed by atoms with van der Waals surface area (Å²) in [4.78, 5) is 5.18. The average molecular weight is 246 g/mol. The molecule has 0 unspecified atom stereocenters. The van der Waals surface area contributed by atoms with Crippen LogP contribution in [0.5, 0.6) is 0 Å². The van der Waals surface area contributed by atoms with Gasteiger partial charge in [-0.05, 0) is 25.5 Å². The summed E-state index contributed by atoms with van der Waals surface area (Å²) in [5, 5.41) is 0. The molecule has 1 aromatic carbocycles. The zero-order valence-corrected chi connectivity index (χ0v) is 11.9. The fourth-order valence-electron chi connectivity index (χ4n) is 2.50. The first kappa shape index (κ1) is 13.6. The molecular formula is C16H26N2. The lowest BCUT2D eigenvalue weighted by Gasteiger charge is -2.34. The maximum atomic E-state index is 2.61. The number of aryl methyl sites for hydroxylation is 1. The quantitative estimate of drug-likeness (QED) is 0.788. The lowest BCUT2D eigenvalue weighted by atomic mass is 10.1. The van der Waals surface area contributed by atoms with Crippen LogP contribution in [-0.2, 0) is 6.54 Å². The van der Waals surface area contributed by atoms with E-state index in [4.69, 9.17) is 0 Å². The van der Waals surface area contributed by atoms with E-state index in [2.05, 4.69) is 47.9 Å². The number of hydrogen-bond donors (Lipinski definition) is 0. The van der Waals surface area contributed by atoms with Gasteiger partial charge in [0.05, 0.1) is 0 Å². The van der Waals surface area contributed by atoms with Gasteiger partial charge in [-0.2, -0.15) is 0 Å². The Labute approximate surface area is 112 Å². The molecule has 0 saturated carbocycles. The minimum Gasteiger partial charge on any atom is -0.301 e. The summed E-state index contributed by atoms with van der Waals surface area (Å²) in [6.45, 7) is 11.7. The molecule has 2 rings (SSSR count). The number of hydrogen-bond acceptors (Lipinski definition) is 2. The third-order valence-corrected chi connectivity index (χ3v) is 3.82.